The highest BCUT2D eigenvalue weighted by molar-refractivity contribution is 7.54. The maximum atomic E-state index is 11.6. The van der Waals surface area contributed by atoms with Crippen molar-refractivity contribution in [2.24, 2.45) is 0 Å². The summed E-state index contributed by atoms with van der Waals surface area (Å²) < 4.78 is 21.3. The molecule has 82 valence electrons. The average molecular weight is 226 g/mol. The van der Waals surface area contributed by atoms with Crippen molar-refractivity contribution in [2.45, 2.75) is 0 Å². The summed E-state index contributed by atoms with van der Waals surface area (Å²) in [6.45, 7) is 0. The Morgan fingerprint density at radius 3 is 2.33 bits per heavy atom. The van der Waals surface area contributed by atoms with Crippen molar-refractivity contribution in [3.05, 3.63) is 42.0 Å². The second-order valence-corrected chi connectivity index (χ2v) is 5.29. The van der Waals surface area contributed by atoms with E-state index in [0.29, 0.717) is 0 Å². The minimum absolute atomic E-state index is 0.287. The van der Waals surface area contributed by atoms with Crippen LogP contribution in [-0.2, 0) is 13.6 Å². The maximum Gasteiger partial charge on any atom is 0.333 e. The predicted molar refractivity (Wildman–Crippen MR) is 62.0 cm³/mol. The second-order valence-electron chi connectivity index (χ2n) is 2.97. The highest BCUT2D eigenvalue weighted by atomic mass is 31.2. The summed E-state index contributed by atoms with van der Waals surface area (Å²) in [5, 5.41) is 0. The lowest BCUT2D eigenvalue weighted by atomic mass is 10.2. The van der Waals surface area contributed by atoms with Crippen molar-refractivity contribution >= 4 is 13.7 Å². The Labute approximate surface area is 90.3 Å². The van der Waals surface area contributed by atoms with Gasteiger partial charge in [0.2, 0.25) is 0 Å². The van der Waals surface area contributed by atoms with Gasteiger partial charge in [0.05, 0.1) is 6.16 Å². The Bertz CT molecular complexity index is 351. The molecule has 0 aliphatic carbocycles. The van der Waals surface area contributed by atoms with Gasteiger partial charge < -0.3 is 9.05 Å². The fourth-order valence-corrected chi connectivity index (χ4v) is 1.92. The quantitative estimate of drug-likeness (QED) is 0.723. The molecule has 0 heterocycles. The van der Waals surface area contributed by atoms with Crippen molar-refractivity contribution in [1.29, 1.82) is 0 Å². The van der Waals surface area contributed by atoms with E-state index >= 15 is 0 Å². The van der Waals surface area contributed by atoms with Gasteiger partial charge in [0.15, 0.2) is 0 Å². The van der Waals surface area contributed by atoms with Crippen LogP contribution in [0.25, 0.3) is 6.08 Å². The number of hydrogen-bond donors (Lipinski definition) is 0. The third kappa shape index (κ3) is 4.00. The summed E-state index contributed by atoms with van der Waals surface area (Å²) in [5.74, 6) is 0. The van der Waals surface area contributed by atoms with Gasteiger partial charge in [0, 0.05) is 14.2 Å². The largest absolute Gasteiger partial charge is 0.333 e. The predicted octanol–water partition coefficient (Wildman–Crippen LogP) is 3.19. The molecule has 0 unspecified atom stereocenters. The number of allylic oxidation sites excluding steroid dienone is 1. The van der Waals surface area contributed by atoms with E-state index in [0.717, 1.165) is 5.56 Å². The Morgan fingerprint density at radius 2 is 1.80 bits per heavy atom. The van der Waals surface area contributed by atoms with Gasteiger partial charge in [0.1, 0.15) is 0 Å². The van der Waals surface area contributed by atoms with Crippen molar-refractivity contribution in [1.82, 2.24) is 0 Å². The minimum atomic E-state index is -2.90. The topological polar surface area (TPSA) is 35.5 Å². The molecule has 1 aromatic carbocycles. The molecule has 4 heteroatoms. The van der Waals surface area contributed by atoms with Crippen molar-refractivity contribution in [3.63, 3.8) is 0 Å². The standard InChI is InChI=1S/C11H15O3P/c1-13-15(12,14-2)10-6-9-11-7-4-3-5-8-11/h3-9H,10H2,1-2H3/b9-6+. The lowest BCUT2D eigenvalue weighted by molar-refractivity contribution is 0.279. The fraction of sp³-hybridized carbons (Fsp3) is 0.273. The molecule has 0 amide bonds. The molecule has 0 fully saturated rings. The zero-order valence-electron chi connectivity index (χ0n) is 8.92. The van der Waals surface area contributed by atoms with Crippen LogP contribution >= 0.6 is 7.60 Å². The molecule has 0 atom stereocenters. The molecule has 0 radical (unpaired) electrons. The van der Waals surface area contributed by atoms with Crippen LogP contribution in [0.15, 0.2) is 36.4 Å². The first-order valence-corrected chi connectivity index (χ1v) is 6.35. The summed E-state index contributed by atoms with van der Waals surface area (Å²) in [4.78, 5) is 0. The molecular formula is C11H15O3P. The Balaban J connectivity index is 2.57. The van der Waals surface area contributed by atoms with E-state index in [4.69, 9.17) is 9.05 Å². The first-order chi connectivity index (χ1) is 7.20. The molecule has 0 N–H and O–H groups in total. The van der Waals surface area contributed by atoms with Gasteiger partial charge in [-0.15, -0.1) is 0 Å². The lowest BCUT2D eigenvalue weighted by Gasteiger charge is -2.10. The summed E-state index contributed by atoms with van der Waals surface area (Å²) in [6.07, 6.45) is 3.97. The summed E-state index contributed by atoms with van der Waals surface area (Å²) in [6, 6.07) is 9.80. The van der Waals surface area contributed by atoms with E-state index in [2.05, 4.69) is 0 Å². The number of rotatable bonds is 5. The van der Waals surface area contributed by atoms with Crippen LogP contribution in [0, 0.1) is 0 Å². The van der Waals surface area contributed by atoms with Crippen LogP contribution in [-0.4, -0.2) is 20.4 Å². The van der Waals surface area contributed by atoms with E-state index in [1.54, 1.807) is 6.08 Å². The monoisotopic (exact) mass is 226 g/mol. The Morgan fingerprint density at radius 1 is 1.20 bits per heavy atom. The van der Waals surface area contributed by atoms with Gasteiger partial charge in [0.25, 0.3) is 0 Å². The molecule has 0 aliphatic rings. The van der Waals surface area contributed by atoms with E-state index in [-0.39, 0.29) is 6.16 Å². The van der Waals surface area contributed by atoms with Gasteiger partial charge in [-0.1, -0.05) is 42.5 Å². The molecule has 15 heavy (non-hydrogen) atoms. The normalized spacial score (nSPS) is 12.1. The van der Waals surface area contributed by atoms with Crippen LogP contribution in [0.1, 0.15) is 5.56 Å². The minimum Gasteiger partial charge on any atom is -0.312 e. The molecule has 3 nitrogen and oxygen atoms in total. The average Bonchev–Trinajstić information content (AvgIpc) is 2.30. The fourth-order valence-electron chi connectivity index (χ4n) is 1.11. The Hall–Kier alpha value is -0.890. The van der Waals surface area contributed by atoms with Crippen molar-refractivity contribution < 1.29 is 13.6 Å². The van der Waals surface area contributed by atoms with Gasteiger partial charge in [-0.05, 0) is 5.56 Å². The van der Waals surface area contributed by atoms with E-state index in [1.807, 2.05) is 36.4 Å². The highest BCUT2D eigenvalue weighted by Crippen LogP contribution is 2.46. The zero-order chi connectivity index (χ0) is 11.1. The van der Waals surface area contributed by atoms with Crippen LogP contribution in [0.3, 0.4) is 0 Å². The third-order valence-corrected chi connectivity index (χ3v) is 3.77. The smallest absolute Gasteiger partial charge is 0.312 e. The van der Waals surface area contributed by atoms with E-state index in [1.165, 1.54) is 14.2 Å². The first kappa shape index (κ1) is 12.2. The molecule has 0 bridgehead atoms. The van der Waals surface area contributed by atoms with Crippen LogP contribution in [0.4, 0.5) is 0 Å². The van der Waals surface area contributed by atoms with Gasteiger partial charge in [-0.2, -0.15) is 0 Å². The van der Waals surface area contributed by atoms with Crippen LogP contribution in [0.2, 0.25) is 0 Å². The molecule has 1 rings (SSSR count). The summed E-state index contributed by atoms with van der Waals surface area (Å²) in [5.41, 5.74) is 1.07. The molecule has 0 saturated carbocycles. The Kier molecular flexibility index (Phi) is 4.76. The van der Waals surface area contributed by atoms with Gasteiger partial charge in [-0.3, -0.25) is 4.57 Å². The molecule has 0 aliphatic heterocycles. The van der Waals surface area contributed by atoms with Crippen LogP contribution in [0.5, 0.6) is 0 Å². The van der Waals surface area contributed by atoms with Crippen LogP contribution < -0.4 is 0 Å². The van der Waals surface area contributed by atoms with Gasteiger partial charge >= 0.3 is 7.60 Å². The summed E-state index contributed by atoms with van der Waals surface area (Å²) in [7, 11) is -0.126. The zero-order valence-corrected chi connectivity index (χ0v) is 9.81. The first-order valence-electron chi connectivity index (χ1n) is 4.62. The van der Waals surface area contributed by atoms with Crippen molar-refractivity contribution in [2.75, 3.05) is 20.4 Å². The molecule has 1 aromatic rings. The molecular weight excluding hydrogens is 211 g/mol. The van der Waals surface area contributed by atoms with E-state index in [9.17, 15) is 4.57 Å². The third-order valence-electron chi connectivity index (χ3n) is 2.00. The number of hydrogen-bond acceptors (Lipinski definition) is 3. The molecule has 0 aromatic heterocycles. The SMILES string of the molecule is COP(=O)(C/C=C/c1ccccc1)OC. The van der Waals surface area contributed by atoms with E-state index < -0.39 is 7.60 Å². The van der Waals surface area contributed by atoms with Crippen molar-refractivity contribution in [3.8, 4) is 0 Å². The summed E-state index contributed by atoms with van der Waals surface area (Å²) >= 11 is 0. The maximum absolute atomic E-state index is 11.6. The number of benzene rings is 1. The molecule has 0 saturated heterocycles. The second kappa shape index (κ2) is 5.86. The van der Waals surface area contributed by atoms with Gasteiger partial charge in [-0.25, -0.2) is 0 Å². The lowest BCUT2D eigenvalue weighted by Crippen LogP contribution is -1.91. The molecule has 0 spiro atoms. The highest BCUT2D eigenvalue weighted by Gasteiger charge is 2.17.